The van der Waals surface area contributed by atoms with Gasteiger partial charge in [0.15, 0.2) is 5.58 Å². The molecule has 0 amide bonds. The van der Waals surface area contributed by atoms with Crippen molar-refractivity contribution in [1.29, 1.82) is 0 Å². The molecule has 0 bridgehead atoms. The normalized spacial score (nSPS) is 11.9. The van der Waals surface area contributed by atoms with E-state index in [9.17, 15) is 13.2 Å². The van der Waals surface area contributed by atoms with E-state index in [1.807, 2.05) is 43.3 Å². The predicted molar refractivity (Wildman–Crippen MR) is 95.5 cm³/mol. The van der Waals surface area contributed by atoms with Gasteiger partial charge in [-0.1, -0.05) is 12.1 Å². The van der Waals surface area contributed by atoms with Gasteiger partial charge in [-0.05, 0) is 29.8 Å². The predicted octanol–water partition coefficient (Wildman–Crippen LogP) is 1.50. The Labute approximate surface area is 143 Å². The van der Waals surface area contributed by atoms with Gasteiger partial charge in [0.2, 0.25) is 0 Å². The first-order chi connectivity index (χ1) is 11.8. The highest BCUT2D eigenvalue weighted by atomic mass is 32.2. The lowest BCUT2D eigenvalue weighted by molar-refractivity contribution is 0.553. The third-order valence-corrected chi connectivity index (χ3v) is 4.72. The summed E-state index contributed by atoms with van der Waals surface area (Å²) < 4.78 is 29.4. The van der Waals surface area contributed by atoms with E-state index >= 15 is 0 Å². The average Bonchev–Trinajstić information content (AvgIpc) is 2.94. The molecule has 0 fully saturated rings. The summed E-state index contributed by atoms with van der Waals surface area (Å²) in [5.74, 6) is -0.642. The van der Waals surface area contributed by atoms with E-state index in [0.717, 1.165) is 11.3 Å². The fourth-order valence-electron chi connectivity index (χ4n) is 2.17. The van der Waals surface area contributed by atoms with Crippen LogP contribution in [0.15, 0.2) is 61.7 Å². The van der Waals surface area contributed by atoms with Crippen LogP contribution in [0.4, 0.5) is 5.69 Å². The molecule has 130 valence electrons. The number of hydrazone groups is 1. The molecule has 3 rings (SSSR count). The Morgan fingerprint density at radius 1 is 1.16 bits per heavy atom. The topological polar surface area (TPSA) is 108 Å². The maximum Gasteiger partial charge on any atom is 0.417 e. The standard InChI is InChI=1S/C16H16N4O4S/c1-20(2)12-5-3-11(4-6-12)10-17-19-25(22,23)13-7-8-14-15(9-13)24-16(21)18-14/h3-10,19H,1-2H3,(H,18,21)/b17-10+. The van der Waals surface area contributed by atoms with Crippen molar-refractivity contribution in [2.45, 2.75) is 4.90 Å². The van der Waals surface area contributed by atoms with E-state index < -0.39 is 15.8 Å². The number of aromatic amines is 1. The lowest BCUT2D eigenvalue weighted by atomic mass is 10.2. The zero-order chi connectivity index (χ0) is 18.0. The number of aromatic nitrogens is 1. The molecule has 0 saturated heterocycles. The molecule has 0 saturated carbocycles. The number of hydrogen-bond acceptors (Lipinski definition) is 6. The number of rotatable bonds is 5. The van der Waals surface area contributed by atoms with Crippen molar-refractivity contribution in [3.05, 3.63) is 58.6 Å². The van der Waals surface area contributed by atoms with E-state index in [4.69, 9.17) is 4.42 Å². The number of fused-ring (bicyclic) bond motifs is 1. The van der Waals surface area contributed by atoms with Gasteiger partial charge in [-0.3, -0.25) is 4.98 Å². The van der Waals surface area contributed by atoms with Crippen molar-refractivity contribution < 1.29 is 12.8 Å². The summed E-state index contributed by atoms with van der Waals surface area (Å²) in [6.07, 6.45) is 1.41. The summed E-state index contributed by atoms with van der Waals surface area (Å²) in [7, 11) is -0.00393. The van der Waals surface area contributed by atoms with E-state index in [0.29, 0.717) is 5.52 Å². The van der Waals surface area contributed by atoms with Gasteiger partial charge >= 0.3 is 5.76 Å². The average molecular weight is 360 g/mol. The Kier molecular flexibility index (Phi) is 4.32. The van der Waals surface area contributed by atoms with Gasteiger partial charge in [-0.25, -0.2) is 9.63 Å². The molecule has 0 spiro atoms. The molecular formula is C16H16N4O4S. The van der Waals surface area contributed by atoms with Crippen molar-refractivity contribution in [3.8, 4) is 0 Å². The summed E-state index contributed by atoms with van der Waals surface area (Å²) in [5.41, 5.74) is 2.36. The van der Waals surface area contributed by atoms with Gasteiger partial charge in [0.1, 0.15) is 0 Å². The van der Waals surface area contributed by atoms with E-state index in [1.165, 1.54) is 24.4 Å². The minimum atomic E-state index is -3.87. The molecule has 0 radical (unpaired) electrons. The number of sulfonamides is 1. The molecule has 25 heavy (non-hydrogen) atoms. The quantitative estimate of drug-likeness (QED) is 0.529. The fraction of sp³-hybridized carbons (Fsp3) is 0.125. The smallest absolute Gasteiger partial charge is 0.408 e. The molecule has 0 aliphatic heterocycles. The van der Waals surface area contributed by atoms with Gasteiger partial charge < -0.3 is 9.32 Å². The lowest BCUT2D eigenvalue weighted by Gasteiger charge is -2.11. The SMILES string of the molecule is CN(C)c1ccc(/C=N/NS(=O)(=O)c2ccc3[nH]c(=O)oc3c2)cc1. The van der Waals surface area contributed by atoms with Gasteiger partial charge in [0.25, 0.3) is 10.0 Å². The fourth-order valence-corrected chi connectivity index (χ4v) is 2.98. The van der Waals surface area contributed by atoms with Crippen molar-refractivity contribution in [2.75, 3.05) is 19.0 Å². The van der Waals surface area contributed by atoms with Crippen LogP contribution in [0.3, 0.4) is 0 Å². The summed E-state index contributed by atoms with van der Waals surface area (Å²) in [4.78, 5) is 17.6. The third kappa shape index (κ3) is 3.72. The van der Waals surface area contributed by atoms with Crippen molar-refractivity contribution in [1.82, 2.24) is 9.82 Å². The first kappa shape index (κ1) is 16.8. The summed E-state index contributed by atoms with van der Waals surface area (Å²) >= 11 is 0. The number of anilines is 1. The van der Waals surface area contributed by atoms with Crippen molar-refractivity contribution in [3.63, 3.8) is 0 Å². The Hall–Kier alpha value is -3.07. The molecule has 0 unspecified atom stereocenters. The molecule has 3 aromatic rings. The van der Waals surface area contributed by atoms with Crippen molar-refractivity contribution >= 4 is 33.0 Å². The lowest BCUT2D eigenvalue weighted by Crippen LogP contribution is -2.18. The van der Waals surface area contributed by atoms with Crippen LogP contribution in [0.2, 0.25) is 0 Å². The molecule has 2 aromatic carbocycles. The first-order valence-corrected chi connectivity index (χ1v) is 8.79. The monoisotopic (exact) mass is 360 g/mol. The summed E-state index contributed by atoms with van der Waals surface area (Å²) in [5, 5.41) is 3.77. The number of oxazole rings is 1. The molecular weight excluding hydrogens is 344 g/mol. The molecule has 1 aromatic heterocycles. The molecule has 8 nitrogen and oxygen atoms in total. The van der Waals surface area contributed by atoms with Crippen LogP contribution >= 0.6 is 0 Å². The Balaban J connectivity index is 1.76. The molecule has 1 heterocycles. The zero-order valence-corrected chi connectivity index (χ0v) is 14.4. The Bertz CT molecular complexity index is 1080. The molecule has 2 N–H and O–H groups in total. The third-order valence-electron chi connectivity index (χ3n) is 3.50. The molecule has 0 atom stereocenters. The number of nitrogens with zero attached hydrogens (tertiary/aromatic N) is 2. The van der Waals surface area contributed by atoms with Gasteiger partial charge in [-0.15, -0.1) is 0 Å². The van der Waals surface area contributed by atoms with Crippen LogP contribution in [-0.2, 0) is 10.0 Å². The zero-order valence-electron chi connectivity index (χ0n) is 13.6. The second-order valence-electron chi connectivity index (χ2n) is 5.51. The molecule has 0 aliphatic rings. The van der Waals surface area contributed by atoms with Gasteiger partial charge in [0, 0.05) is 25.8 Å². The van der Waals surface area contributed by atoms with Crippen molar-refractivity contribution in [2.24, 2.45) is 5.10 Å². The number of H-pyrrole nitrogens is 1. The van der Waals surface area contributed by atoms with Gasteiger partial charge in [0.05, 0.1) is 16.6 Å². The molecule has 9 heteroatoms. The second kappa shape index (κ2) is 6.44. The van der Waals surface area contributed by atoms with Crippen LogP contribution in [0.1, 0.15) is 5.56 Å². The maximum absolute atomic E-state index is 12.3. The first-order valence-electron chi connectivity index (χ1n) is 7.30. The second-order valence-corrected chi connectivity index (χ2v) is 7.17. The van der Waals surface area contributed by atoms with Gasteiger partial charge in [-0.2, -0.15) is 13.5 Å². The van der Waals surface area contributed by atoms with E-state index in [1.54, 1.807) is 0 Å². The Morgan fingerprint density at radius 3 is 2.56 bits per heavy atom. The highest BCUT2D eigenvalue weighted by Gasteiger charge is 2.14. The minimum Gasteiger partial charge on any atom is -0.408 e. The number of nitrogens with one attached hydrogen (secondary N) is 2. The van der Waals surface area contributed by atoms with Crippen LogP contribution in [0.5, 0.6) is 0 Å². The maximum atomic E-state index is 12.3. The van der Waals surface area contributed by atoms with Crippen LogP contribution < -0.4 is 15.5 Å². The minimum absolute atomic E-state index is 0.0529. The van der Waals surface area contributed by atoms with Crippen LogP contribution in [0, 0.1) is 0 Å². The molecule has 0 aliphatic carbocycles. The Morgan fingerprint density at radius 2 is 1.88 bits per heavy atom. The van der Waals surface area contributed by atoms with Crippen LogP contribution in [0.25, 0.3) is 11.1 Å². The highest BCUT2D eigenvalue weighted by molar-refractivity contribution is 7.89. The highest BCUT2D eigenvalue weighted by Crippen LogP contribution is 2.16. The summed E-state index contributed by atoms with van der Waals surface area (Å²) in [6, 6.07) is 11.5. The van der Waals surface area contributed by atoms with E-state index in [-0.39, 0.29) is 10.5 Å². The largest absolute Gasteiger partial charge is 0.417 e. The van der Waals surface area contributed by atoms with Crippen LogP contribution in [-0.4, -0.2) is 33.7 Å². The number of hydrogen-bond donors (Lipinski definition) is 2. The van der Waals surface area contributed by atoms with E-state index in [2.05, 4.69) is 14.9 Å². The number of benzene rings is 2. The summed E-state index contributed by atoms with van der Waals surface area (Å²) in [6.45, 7) is 0.